The van der Waals surface area contributed by atoms with Gasteiger partial charge in [-0.15, -0.1) is 0 Å². The highest BCUT2D eigenvalue weighted by Crippen LogP contribution is 2.68. The van der Waals surface area contributed by atoms with E-state index in [1.807, 2.05) is 6.92 Å². The summed E-state index contributed by atoms with van der Waals surface area (Å²) in [7, 11) is 0. The Morgan fingerprint density at radius 2 is 2.04 bits per heavy atom. The largest absolute Gasteiger partial charge is 0.393 e. The maximum atomic E-state index is 14.0. The van der Waals surface area contributed by atoms with Gasteiger partial charge in [0.25, 0.3) is 0 Å². The zero-order chi connectivity index (χ0) is 20.5. The van der Waals surface area contributed by atoms with Gasteiger partial charge < -0.3 is 15.3 Å². The molecule has 5 nitrogen and oxygen atoms in total. The smallest absolute Gasteiger partial charge is 0.190 e. The van der Waals surface area contributed by atoms with E-state index in [1.54, 1.807) is 6.08 Å². The molecule has 3 N–H and O–H groups in total. The van der Waals surface area contributed by atoms with Crippen molar-refractivity contribution in [2.24, 2.45) is 34.5 Å². The van der Waals surface area contributed by atoms with E-state index in [2.05, 4.69) is 6.92 Å². The van der Waals surface area contributed by atoms with Gasteiger partial charge in [-0.3, -0.25) is 14.0 Å². The first kappa shape index (κ1) is 20.2. The fourth-order valence-electron chi connectivity index (χ4n) is 7.66. The van der Waals surface area contributed by atoms with E-state index in [9.17, 15) is 29.3 Å². The molecule has 4 rings (SSSR count). The normalized spacial score (nSPS) is 50.4. The molecular weight excluding hydrogens is 363 g/mol. The average molecular weight is 394 g/mol. The van der Waals surface area contributed by atoms with Crippen molar-refractivity contribution in [3.8, 4) is 0 Å². The molecule has 3 saturated carbocycles. The Hall–Kier alpha value is -1.11. The van der Waals surface area contributed by atoms with Gasteiger partial charge in [-0.05, 0) is 61.3 Å². The number of hydrogen-bond acceptors (Lipinski definition) is 5. The molecule has 0 radical (unpaired) electrons. The Kier molecular flexibility index (Phi) is 4.64. The van der Waals surface area contributed by atoms with E-state index in [4.69, 9.17) is 0 Å². The molecule has 28 heavy (non-hydrogen) atoms. The van der Waals surface area contributed by atoms with Crippen LogP contribution in [0.1, 0.15) is 52.4 Å². The summed E-state index contributed by atoms with van der Waals surface area (Å²) in [5, 5.41) is 31.9. The van der Waals surface area contributed by atoms with E-state index >= 15 is 0 Å². The van der Waals surface area contributed by atoms with Crippen molar-refractivity contribution >= 4 is 11.6 Å². The van der Waals surface area contributed by atoms with Crippen molar-refractivity contribution in [3.63, 3.8) is 0 Å². The Labute approximate surface area is 165 Å². The lowest BCUT2D eigenvalue weighted by atomic mass is 9.44. The number of halogens is 1. The van der Waals surface area contributed by atoms with Gasteiger partial charge in [-0.2, -0.15) is 0 Å². The maximum Gasteiger partial charge on any atom is 0.190 e. The standard InChI is InChI=1S/C22H31FO5/c1-20-5-3-13(25)8-16(20)12(10-23)7-14-15-4-6-22(28,18(27)11-24)21(15,2)9-17(26)19(14)20/h8,12,14-15,17,19,24,26,28H,3-7,9-11H2,1-2H3/t12?,14-,15-,17-,19+,20-,21-,22-/m0/s1. The van der Waals surface area contributed by atoms with E-state index in [0.717, 1.165) is 5.57 Å². The zero-order valence-electron chi connectivity index (χ0n) is 16.7. The Morgan fingerprint density at radius 1 is 1.32 bits per heavy atom. The molecule has 0 heterocycles. The van der Waals surface area contributed by atoms with E-state index < -0.39 is 41.6 Å². The highest BCUT2D eigenvalue weighted by atomic mass is 19.1. The first-order chi connectivity index (χ1) is 13.1. The van der Waals surface area contributed by atoms with Crippen LogP contribution in [0, 0.1) is 34.5 Å². The third-order valence-electron chi connectivity index (χ3n) is 9.00. The van der Waals surface area contributed by atoms with Gasteiger partial charge in [0.15, 0.2) is 11.6 Å². The topological polar surface area (TPSA) is 94.8 Å². The molecular formula is C22H31FO5. The van der Waals surface area contributed by atoms with E-state index in [-0.39, 0.29) is 42.3 Å². The molecule has 0 amide bonds. The number of aliphatic hydroxyl groups excluding tert-OH is 2. The molecule has 0 aromatic rings. The number of alkyl halides is 1. The van der Waals surface area contributed by atoms with Crippen LogP contribution in [0.15, 0.2) is 11.6 Å². The monoisotopic (exact) mass is 394 g/mol. The molecule has 6 heteroatoms. The van der Waals surface area contributed by atoms with Gasteiger partial charge in [-0.1, -0.05) is 19.4 Å². The van der Waals surface area contributed by atoms with Crippen molar-refractivity contribution in [1.29, 1.82) is 0 Å². The molecule has 0 saturated heterocycles. The molecule has 156 valence electrons. The van der Waals surface area contributed by atoms with Crippen molar-refractivity contribution in [1.82, 2.24) is 0 Å². The number of Topliss-reactive ketones (excluding diaryl/α,β-unsaturated/α-hetero) is 1. The molecule has 0 aromatic heterocycles. The predicted octanol–water partition coefficient (Wildman–Crippen LogP) is 1.98. The Balaban J connectivity index is 1.78. The van der Waals surface area contributed by atoms with Crippen LogP contribution in [0.2, 0.25) is 0 Å². The van der Waals surface area contributed by atoms with Crippen molar-refractivity contribution < 1.29 is 29.3 Å². The van der Waals surface area contributed by atoms with Crippen molar-refractivity contribution in [2.45, 2.75) is 64.1 Å². The maximum absolute atomic E-state index is 14.0. The number of ketones is 2. The summed E-state index contributed by atoms with van der Waals surface area (Å²) in [6.07, 6.45) is 3.57. The number of carbonyl (C=O) groups excluding carboxylic acids is 2. The van der Waals surface area contributed by atoms with Gasteiger partial charge in [0.2, 0.25) is 0 Å². The third-order valence-corrected chi connectivity index (χ3v) is 9.00. The van der Waals surface area contributed by atoms with Crippen LogP contribution in [-0.4, -0.2) is 51.9 Å². The molecule has 4 aliphatic rings. The second-order valence-corrected chi connectivity index (χ2v) is 10.0. The SMILES string of the molecule is C[C@]12CCC(=O)C=C1C(CF)C[C@@H]1[C@@H]2[C@@H](O)C[C@@]2(C)[C@H]1CC[C@]2(O)C(=O)CO. The summed E-state index contributed by atoms with van der Waals surface area (Å²) in [5.41, 5.74) is -2.08. The highest BCUT2D eigenvalue weighted by molar-refractivity contribution is 5.92. The summed E-state index contributed by atoms with van der Waals surface area (Å²) < 4.78 is 14.0. The lowest BCUT2D eigenvalue weighted by Crippen LogP contribution is -2.63. The van der Waals surface area contributed by atoms with Gasteiger partial charge in [0, 0.05) is 17.8 Å². The second-order valence-electron chi connectivity index (χ2n) is 10.0. The number of carbonyl (C=O) groups is 2. The lowest BCUT2D eigenvalue weighted by Gasteiger charge is -2.61. The van der Waals surface area contributed by atoms with Crippen LogP contribution in [-0.2, 0) is 9.59 Å². The molecule has 4 aliphatic carbocycles. The molecule has 0 bridgehead atoms. The summed E-state index contributed by atoms with van der Waals surface area (Å²) >= 11 is 0. The summed E-state index contributed by atoms with van der Waals surface area (Å²) in [4.78, 5) is 24.5. The second kappa shape index (κ2) is 6.44. The van der Waals surface area contributed by atoms with Crippen LogP contribution in [0.25, 0.3) is 0 Å². The fourth-order valence-corrected chi connectivity index (χ4v) is 7.66. The Morgan fingerprint density at radius 3 is 2.68 bits per heavy atom. The molecule has 3 fully saturated rings. The number of hydrogen-bond donors (Lipinski definition) is 3. The predicted molar refractivity (Wildman–Crippen MR) is 100.0 cm³/mol. The van der Waals surface area contributed by atoms with Gasteiger partial charge in [0.1, 0.15) is 12.2 Å². The van der Waals surface area contributed by atoms with Crippen LogP contribution in [0.3, 0.4) is 0 Å². The van der Waals surface area contributed by atoms with E-state index in [0.29, 0.717) is 25.7 Å². The first-order valence-corrected chi connectivity index (χ1v) is 10.5. The number of rotatable bonds is 3. The highest BCUT2D eigenvalue weighted by Gasteiger charge is 2.68. The van der Waals surface area contributed by atoms with E-state index in [1.165, 1.54) is 0 Å². The lowest BCUT2D eigenvalue weighted by molar-refractivity contribution is -0.185. The quantitative estimate of drug-likeness (QED) is 0.680. The average Bonchev–Trinajstić information content (AvgIpc) is 2.92. The minimum absolute atomic E-state index is 0.0218. The number of allylic oxidation sites excluding steroid dienone is 1. The van der Waals surface area contributed by atoms with Crippen molar-refractivity contribution in [3.05, 3.63) is 11.6 Å². The minimum atomic E-state index is -1.65. The van der Waals surface area contributed by atoms with Crippen molar-refractivity contribution in [2.75, 3.05) is 13.3 Å². The fraction of sp³-hybridized carbons (Fsp3) is 0.818. The van der Waals surface area contributed by atoms with Crippen LogP contribution >= 0.6 is 0 Å². The molecule has 1 unspecified atom stereocenters. The third kappa shape index (κ3) is 2.40. The molecule has 8 atom stereocenters. The minimum Gasteiger partial charge on any atom is -0.393 e. The summed E-state index contributed by atoms with van der Waals surface area (Å²) in [6.45, 7) is 2.64. The summed E-state index contributed by atoms with van der Waals surface area (Å²) in [5.74, 6) is -1.07. The van der Waals surface area contributed by atoms with Crippen LogP contribution in [0.5, 0.6) is 0 Å². The van der Waals surface area contributed by atoms with Gasteiger partial charge in [-0.25, -0.2) is 0 Å². The van der Waals surface area contributed by atoms with Gasteiger partial charge >= 0.3 is 0 Å². The summed E-state index contributed by atoms with van der Waals surface area (Å²) in [6, 6.07) is 0. The zero-order valence-corrected chi connectivity index (χ0v) is 16.7. The van der Waals surface area contributed by atoms with Crippen LogP contribution in [0.4, 0.5) is 4.39 Å². The molecule has 0 spiro atoms. The van der Waals surface area contributed by atoms with Crippen LogP contribution < -0.4 is 0 Å². The Bertz CT molecular complexity index is 734. The molecule has 0 aromatic carbocycles. The number of fused-ring (bicyclic) bond motifs is 5. The molecule has 0 aliphatic heterocycles. The first-order valence-electron chi connectivity index (χ1n) is 10.5. The number of aliphatic hydroxyl groups is 3. The van der Waals surface area contributed by atoms with Gasteiger partial charge in [0.05, 0.1) is 12.8 Å².